The van der Waals surface area contributed by atoms with E-state index < -0.39 is 0 Å². The summed E-state index contributed by atoms with van der Waals surface area (Å²) in [5.41, 5.74) is 3.32. The molecule has 0 aliphatic carbocycles. The SMILES string of the molecule is COc1ccc2c(c1)C1OCCC1C(c1ccc(F)cc1)N2. The molecular weight excluding hydrogens is 281 g/mol. The third-order valence-electron chi connectivity index (χ3n) is 4.67. The molecule has 0 radical (unpaired) electrons. The standard InChI is InChI=1S/C18H18FNO2/c1-21-13-6-7-16-15(10-13)18-14(8-9-22-18)17(20-16)11-2-4-12(19)5-3-11/h2-7,10,14,17-18,20H,8-9H2,1H3. The van der Waals surface area contributed by atoms with Crippen molar-refractivity contribution in [1.82, 2.24) is 0 Å². The molecule has 2 heterocycles. The highest BCUT2D eigenvalue weighted by Gasteiger charge is 2.41. The zero-order chi connectivity index (χ0) is 15.1. The lowest BCUT2D eigenvalue weighted by Gasteiger charge is -2.36. The van der Waals surface area contributed by atoms with Gasteiger partial charge in [-0.3, -0.25) is 0 Å². The lowest BCUT2D eigenvalue weighted by atomic mass is 9.81. The fraction of sp³-hybridized carbons (Fsp3) is 0.333. The normalized spacial score (nSPS) is 26.0. The quantitative estimate of drug-likeness (QED) is 0.906. The summed E-state index contributed by atoms with van der Waals surface area (Å²) >= 11 is 0. The summed E-state index contributed by atoms with van der Waals surface area (Å²) in [5, 5.41) is 3.60. The van der Waals surface area contributed by atoms with E-state index in [0.717, 1.165) is 35.6 Å². The van der Waals surface area contributed by atoms with Gasteiger partial charge in [-0.15, -0.1) is 0 Å². The Morgan fingerprint density at radius 3 is 2.77 bits per heavy atom. The van der Waals surface area contributed by atoms with Crippen LogP contribution in [0.2, 0.25) is 0 Å². The second kappa shape index (κ2) is 5.29. The van der Waals surface area contributed by atoms with Gasteiger partial charge in [-0.05, 0) is 42.3 Å². The molecule has 3 unspecified atom stereocenters. The number of benzene rings is 2. The number of methoxy groups -OCH3 is 1. The second-order valence-electron chi connectivity index (χ2n) is 5.87. The second-order valence-corrected chi connectivity index (χ2v) is 5.87. The highest BCUT2D eigenvalue weighted by molar-refractivity contribution is 5.59. The first-order valence-corrected chi connectivity index (χ1v) is 7.58. The summed E-state index contributed by atoms with van der Waals surface area (Å²) < 4.78 is 24.5. The minimum Gasteiger partial charge on any atom is -0.497 e. The van der Waals surface area contributed by atoms with Gasteiger partial charge < -0.3 is 14.8 Å². The fourth-order valence-corrected chi connectivity index (χ4v) is 3.58. The van der Waals surface area contributed by atoms with E-state index >= 15 is 0 Å². The van der Waals surface area contributed by atoms with E-state index in [9.17, 15) is 4.39 Å². The first kappa shape index (κ1) is 13.6. The molecule has 2 aliphatic rings. The Labute approximate surface area is 129 Å². The zero-order valence-electron chi connectivity index (χ0n) is 12.4. The Kier molecular flexibility index (Phi) is 3.26. The van der Waals surface area contributed by atoms with Crippen LogP contribution in [0.15, 0.2) is 42.5 Å². The number of hydrogen-bond donors (Lipinski definition) is 1. The average molecular weight is 299 g/mol. The maximum atomic E-state index is 13.2. The zero-order valence-corrected chi connectivity index (χ0v) is 12.4. The van der Waals surface area contributed by atoms with Gasteiger partial charge in [-0.1, -0.05) is 12.1 Å². The minimum atomic E-state index is -0.205. The minimum absolute atomic E-state index is 0.0707. The molecular formula is C18H18FNO2. The largest absolute Gasteiger partial charge is 0.497 e. The molecule has 0 amide bonds. The highest BCUT2D eigenvalue weighted by Crippen LogP contribution is 2.50. The van der Waals surface area contributed by atoms with Crippen molar-refractivity contribution in [2.24, 2.45) is 5.92 Å². The first-order chi connectivity index (χ1) is 10.8. The van der Waals surface area contributed by atoms with Crippen LogP contribution in [0.4, 0.5) is 10.1 Å². The highest BCUT2D eigenvalue weighted by atomic mass is 19.1. The number of fused-ring (bicyclic) bond motifs is 3. The van der Waals surface area contributed by atoms with Gasteiger partial charge in [0.2, 0.25) is 0 Å². The summed E-state index contributed by atoms with van der Waals surface area (Å²) in [6, 6.07) is 12.9. The molecule has 4 rings (SSSR count). The Balaban J connectivity index is 1.75. The number of anilines is 1. The summed E-state index contributed by atoms with van der Waals surface area (Å²) in [4.78, 5) is 0. The van der Waals surface area contributed by atoms with Gasteiger partial charge in [0, 0.05) is 23.8 Å². The Hall–Kier alpha value is -2.07. The molecule has 2 aromatic carbocycles. The molecule has 0 bridgehead atoms. The van der Waals surface area contributed by atoms with Gasteiger partial charge in [-0.2, -0.15) is 0 Å². The van der Waals surface area contributed by atoms with E-state index in [1.165, 1.54) is 12.1 Å². The van der Waals surface area contributed by atoms with Crippen LogP contribution in [0.25, 0.3) is 0 Å². The molecule has 3 atom stereocenters. The molecule has 1 fully saturated rings. The summed E-state index contributed by atoms with van der Waals surface area (Å²) in [6.07, 6.45) is 1.07. The van der Waals surface area contributed by atoms with Crippen LogP contribution in [-0.2, 0) is 4.74 Å². The van der Waals surface area contributed by atoms with E-state index in [4.69, 9.17) is 9.47 Å². The van der Waals surface area contributed by atoms with Crippen molar-refractivity contribution < 1.29 is 13.9 Å². The average Bonchev–Trinajstić information content (AvgIpc) is 3.04. The lowest BCUT2D eigenvalue weighted by Crippen LogP contribution is -2.29. The molecule has 2 aromatic rings. The number of hydrogen-bond acceptors (Lipinski definition) is 3. The molecule has 0 spiro atoms. The molecule has 22 heavy (non-hydrogen) atoms. The van der Waals surface area contributed by atoms with E-state index in [1.54, 1.807) is 7.11 Å². The predicted molar refractivity (Wildman–Crippen MR) is 82.6 cm³/mol. The number of rotatable bonds is 2. The molecule has 0 aromatic heterocycles. The van der Waals surface area contributed by atoms with Crippen molar-refractivity contribution in [2.75, 3.05) is 19.0 Å². The topological polar surface area (TPSA) is 30.5 Å². The number of nitrogens with one attached hydrogen (secondary N) is 1. The fourth-order valence-electron chi connectivity index (χ4n) is 3.58. The van der Waals surface area contributed by atoms with Crippen molar-refractivity contribution in [3.63, 3.8) is 0 Å². The van der Waals surface area contributed by atoms with Crippen molar-refractivity contribution in [2.45, 2.75) is 18.6 Å². The van der Waals surface area contributed by atoms with Crippen LogP contribution in [0.5, 0.6) is 5.75 Å². The van der Waals surface area contributed by atoms with Gasteiger partial charge in [0.25, 0.3) is 0 Å². The molecule has 0 saturated carbocycles. The number of halogens is 1. The van der Waals surface area contributed by atoms with E-state index in [1.807, 2.05) is 30.3 Å². The molecule has 2 aliphatic heterocycles. The Bertz CT molecular complexity index is 686. The lowest BCUT2D eigenvalue weighted by molar-refractivity contribution is 0.0827. The molecule has 4 heteroatoms. The van der Waals surface area contributed by atoms with Crippen LogP contribution < -0.4 is 10.1 Å². The van der Waals surface area contributed by atoms with Gasteiger partial charge in [0.05, 0.1) is 19.3 Å². The van der Waals surface area contributed by atoms with Crippen LogP contribution in [0, 0.1) is 11.7 Å². The third-order valence-corrected chi connectivity index (χ3v) is 4.67. The van der Waals surface area contributed by atoms with Crippen molar-refractivity contribution in [3.8, 4) is 5.75 Å². The molecule has 1 saturated heterocycles. The van der Waals surface area contributed by atoms with Gasteiger partial charge >= 0.3 is 0 Å². The first-order valence-electron chi connectivity index (χ1n) is 7.58. The smallest absolute Gasteiger partial charge is 0.123 e. The van der Waals surface area contributed by atoms with Crippen molar-refractivity contribution >= 4 is 5.69 Å². The molecule has 1 N–H and O–H groups in total. The van der Waals surface area contributed by atoms with Gasteiger partial charge in [-0.25, -0.2) is 4.39 Å². The third kappa shape index (κ3) is 2.15. The summed E-state index contributed by atoms with van der Waals surface area (Å²) in [6.45, 7) is 0.755. The molecule has 114 valence electrons. The van der Waals surface area contributed by atoms with E-state index in [-0.39, 0.29) is 18.0 Å². The maximum absolute atomic E-state index is 13.2. The van der Waals surface area contributed by atoms with Gasteiger partial charge in [0.1, 0.15) is 11.6 Å². The van der Waals surface area contributed by atoms with Crippen molar-refractivity contribution in [1.29, 1.82) is 0 Å². The maximum Gasteiger partial charge on any atom is 0.123 e. The Morgan fingerprint density at radius 2 is 2.00 bits per heavy atom. The monoisotopic (exact) mass is 299 g/mol. The van der Waals surface area contributed by atoms with Crippen molar-refractivity contribution in [3.05, 3.63) is 59.4 Å². The number of ether oxygens (including phenoxy) is 2. The van der Waals surface area contributed by atoms with Crippen LogP contribution in [0.3, 0.4) is 0 Å². The summed E-state index contributed by atoms with van der Waals surface area (Å²) in [7, 11) is 1.67. The van der Waals surface area contributed by atoms with Crippen LogP contribution in [-0.4, -0.2) is 13.7 Å². The predicted octanol–water partition coefficient (Wildman–Crippen LogP) is 4.08. The molecule has 3 nitrogen and oxygen atoms in total. The Morgan fingerprint density at radius 1 is 1.18 bits per heavy atom. The van der Waals surface area contributed by atoms with Crippen LogP contribution >= 0.6 is 0 Å². The van der Waals surface area contributed by atoms with Gasteiger partial charge in [0.15, 0.2) is 0 Å². The van der Waals surface area contributed by atoms with E-state index in [2.05, 4.69) is 5.32 Å². The summed E-state index contributed by atoms with van der Waals surface area (Å²) in [5.74, 6) is 0.990. The van der Waals surface area contributed by atoms with E-state index in [0.29, 0.717) is 5.92 Å². The van der Waals surface area contributed by atoms with Crippen LogP contribution in [0.1, 0.15) is 29.7 Å².